The van der Waals surface area contributed by atoms with Crippen LogP contribution in [0.3, 0.4) is 0 Å². The Morgan fingerprint density at radius 2 is 2.33 bits per heavy atom. The van der Waals surface area contributed by atoms with Crippen LogP contribution in [-0.4, -0.2) is 15.3 Å². The first-order valence-electron chi connectivity index (χ1n) is 5.07. The summed E-state index contributed by atoms with van der Waals surface area (Å²) in [6.07, 6.45) is 5.77. The number of carbonyl (C=O) groups excluding carboxylic acids is 1. The first kappa shape index (κ1) is 8.47. The Morgan fingerprint density at radius 3 is 3.07 bits per heavy atom. The quantitative estimate of drug-likeness (QED) is 0.803. The number of nitrogens with one attached hydrogen (secondary N) is 1. The molecule has 3 rings (SSSR count). The van der Waals surface area contributed by atoms with Crippen molar-refractivity contribution in [2.24, 2.45) is 5.92 Å². The van der Waals surface area contributed by atoms with E-state index in [-0.39, 0.29) is 11.8 Å². The van der Waals surface area contributed by atoms with Gasteiger partial charge in [0.2, 0.25) is 5.91 Å². The molecule has 1 N–H and O–H groups in total. The van der Waals surface area contributed by atoms with Crippen LogP contribution >= 0.6 is 0 Å². The van der Waals surface area contributed by atoms with Gasteiger partial charge >= 0.3 is 0 Å². The first-order valence-corrected chi connectivity index (χ1v) is 5.07. The van der Waals surface area contributed by atoms with Crippen molar-refractivity contribution in [1.29, 1.82) is 0 Å². The molecule has 2 aromatic rings. The molecule has 1 aliphatic carbocycles. The maximum atomic E-state index is 11.5. The van der Waals surface area contributed by atoms with Gasteiger partial charge in [-0.05, 0) is 25.0 Å². The van der Waals surface area contributed by atoms with Crippen molar-refractivity contribution in [2.75, 3.05) is 5.32 Å². The van der Waals surface area contributed by atoms with Crippen LogP contribution in [0.2, 0.25) is 0 Å². The summed E-state index contributed by atoms with van der Waals surface area (Å²) in [7, 11) is 0. The minimum absolute atomic E-state index is 0.0957. The summed E-state index contributed by atoms with van der Waals surface area (Å²) in [5.74, 6) is 0.950. The van der Waals surface area contributed by atoms with Gasteiger partial charge < -0.3 is 9.72 Å². The van der Waals surface area contributed by atoms with Crippen molar-refractivity contribution in [3.8, 4) is 0 Å². The molecule has 1 amide bonds. The summed E-state index contributed by atoms with van der Waals surface area (Å²) >= 11 is 0. The number of carbonyl (C=O) groups is 1. The molecule has 1 saturated carbocycles. The summed E-state index contributed by atoms with van der Waals surface area (Å²) in [6.45, 7) is 0. The summed E-state index contributed by atoms with van der Waals surface area (Å²) < 4.78 is 1.89. The Bertz CT molecular complexity index is 480. The Balaban J connectivity index is 1.87. The number of amides is 1. The Labute approximate surface area is 86.9 Å². The molecular formula is C11H11N3O. The predicted octanol–water partition coefficient (Wildman–Crippen LogP) is 1.68. The molecule has 0 bridgehead atoms. The molecule has 0 aliphatic heterocycles. The number of fused-ring (bicyclic) bond motifs is 1. The van der Waals surface area contributed by atoms with E-state index in [1.54, 1.807) is 0 Å². The largest absolute Gasteiger partial charge is 0.309 e. The lowest BCUT2D eigenvalue weighted by Crippen LogP contribution is -2.13. The highest BCUT2D eigenvalue weighted by Crippen LogP contribution is 2.29. The van der Waals surface area contributed by atoms with Crippen LogP contribution in [0, 0.1) is 5.92 Å². The molecule has 2 heterocycles. The van der Waals surface area contributed by atoms with Gasteiger partial charge in [0.05, 0.1) is 6.20 Å². The van der Waals surface area contributed by atoms with Crippen LogP contribution < -0.4 is 5.32 Å². The average Bonchev–Trinajstić information content (AvgIpc) is 2.99. The van der Waals surface area contributed by atoms with Crippen molar-refractivity contribution >= 4 is 17.4 Å². The van der Waals surface area contributed by atoms with E-state index < -0.39 is 0 Å². The number of hydrogen-bond donors (Lipinski definition) is 1. The van der Waals surface area contributed by atoms with Gasteiger partial charge in [-0.25, -0.2) is 4.98 Å². The zero-order valence-electron chi connectivity index (χ0n) is 8.18. The number of hydrogen-bond acceptors (Lipinski definition) is 2. The molecule has 0 atom stereocenters. The van der Waals surface area contributed by atoms with E-state index in [1.165, 1.54) is 0 Å². The third kappa shape index (κ3) is 1.58. The smallest absolute Gasteiger partial charge is 0.228 e. The van der Waals surface area contributed by atoms with E-state index in [9.17, 15) is 4.79 Å². The lowest BCUT2D eigenvalue weighted by Gasteiger charge is -1.97. The minimum Gasteiger partial charge on any atom is -0.309 e. The highest BCUT2D eigenvalue weighted by atomic mass is 16.2. The van der Waals surface area contributed by atoms with E-state index >= 15 is 0 Å². The number of pyridine rings is 1. The van der Waals surface area contributed by atoms with Crippen LogP contribution in [0.4, 0.5) is 5.82 Å². The summed E-state index contributed by atoms with van der Waals surface area (Å²) in [5.41, 5.74) is 0.851. The molecule has 0 spiro atoms. The molecule has 4 heteroatoms. The normalized spacial score (nSPS) is 15.5. The summed E-state index contributed by atoms with van der Waals surface area (Å²) in [5, 5.41) is 2.82. The van der Waals surface area contributed by atoms with Crippen LogP contribution in [-0.2, 0) is 4.79 Å². The van der Waals surface area contributed by atoms with E-state index in [0.717, 1.165) is 18.5 Å². The van der Waals surface area contributed by atoms with Crippen molar-refractivity contribution < 1.29 is 4.79 Å². The highest BCUT2D eigenvalue weighted by molar-refractivity contribution is 5.93. The molecule has 1 fully saturated rings. The molecule has 4 nitrogen and oxygen atoms in total. The van der Waals surface area contributed by atoms with Gasteiger partial charge in [-0.15, -0.1) is 0 Å². The van der Waals surface area contributed by atoms with Crippen molar-refractivity contribution in [3.05, 3.63) is 30.6 Å². The zero-order chi connectivity index (χ0) is 10.3. The van der Waals surface area contributed by atoms with Crippen LogP contribution in [0.1, 0.15) is 12.8 Å². The lowest BCUT2D eigenvalue weighted by molar-refractivity contribution is -0.117. The molecule has 0 unspecified atom stereocenters. The van der Waals surface area contributed by atoms with E-state index in [0.29, 0.717) is 5.82 Å². The number of nitrogens with zero attached hydrogens (tertiary/aromatic N) is 2. The van der Waals surface area contributed by atoms with Crippen molar-refractivity contribution in [2.45, 2.75) is 12.8 Å². The fourth-order valence-corrected chi connectivity index (χ4v) is 1.57. The predicted molar refractivity (Wildman–Crippen MR) is 56.5 cm³/mol. The fourth-order valence-electron chi connectivity index (χ4n) is 1.57. The van der Waals surface area contributed by atoms with Gasteiger partial charge in [-0.2, -0.15) is 0 Å². The third-order valence-corrected chi connectivity index (χ3v) is 2.56. The maximum Gasteiger partial charge on any atom is 0.228 e. The molecular weight excluding hydrogens is 190 g/mol. The molecule has 0 saturated heterocycles. The first-order chi connectivity index (χ1) is 7.33. The van der Waals surface area contributed by atoms with Gasteiger partial charge in [-0.3, -0.25) is 4.79 Å². The summed E-state index contributed by atoms with van der Waals surface area (Å²) in [4.78, 5) is 15.8. The van der Waals surface area contributed by atoms with E-state index in [1.807, 2.05) is 35.0 Å². The van der Waals surface area contributed by atoms with Crippen LogP contribution in [0.5, 0.6) is 0 Å². The topological polar surface area (TPSA) is 46.4 Å². The van der Waals surface area contributed by atoms with Gasteiger partial charge in [0, 0.05) is 12.1 Å². The molecule has 1 aliphatic rings. The molecule has 15 heavy (non-hydrogen) atoms. The van der Waals surface area contributed by atoms with E-state index in [4.69, 9.17) is 0 Å². The molecule has 2 aromatic heterocycles. The number of aromatic nitrogens is 2. The zero-order valence-corrected chi connectivity index (χ0v) is 8.18. The van der Waals surface area contributed by atoms with E-state index in [2.05, 4.69) is 10.3 Å². The Kier molecular flexibility index (Phi) is 1.74. The van der Waals surface area contributed by atoms with Gasteiger partial charge in [0.1, 0.15) is 5.65 Å². The standard InChI is InChI=1S/C11H11N3O/c15-11(8-4-5-8)13-9-7-14-6-2-1-3-10(14)12-9/h1-3,6-8H,4-5H2,(H,13,15). The van der Waals surface area contributed by atoms with Crippen LogP contribution in [0.15, 0.2) is 30.6 Å². The molecule has 0 aromatic carbocycles. The maximum absolute atomic E-state index is 11.5. The van der Waals surface area contributed by atoms with Gasteiger partial charge in [-0.1, -0.05) is 6.07 Å². The lowest BCUT2D eigenvalue weighted by atomic mass is 10.4. The number of anilines is 1. The molecule has 76 valence electrons. The number of rotatable bonds is 2. The van der Waals surface area contributed by atoms with Crippen molar-refractivity contribution in [1.82, 2.24) is 9.38 Å². The van der Waals surface area contributed by atoms with Crippen LogP contribution in [0.25, 0.3) is 5.65 Å². The molecule has 0 radical (unpaired) electrons. The second-order valence-electron chi connectivity index (χ2n) is 3.86. The highest BCUT2D eigenvalue weighted by Gasteiger charge is 2.29. The average molecular weight is 201 g/mol. The fraction of sp³-hybridized carbons (Fsp3) is 0.273. The Hall–Kier alpha value is -1.84. The third-order valence-electron chi connectivity index (χ3n) is 2.56. The second kappa shape index (κ2) is 3.08. The van der Waals surface area contributed by atoms with Crippen molar-refractivity contribution in [3.63, 3.8) is 0 Å². The van der Waals surface area contributed by atoms with Gasteiger partial charge in [0.25, 0.3) is 0 Å². The SMILES string of the molecule is O=C(Nc1cn2ccccc2n1)C1CC1. The number of imidazole rings is 1. The minimum atomic E-state index is 0.0957. The second-order valence-corrected chi connectivity index (χ2v) is 3.86. The van der Waals surface area contributed by atoms with Gasteiger partial charge in [0.15, 0.2) is 5.82 Å². The summed E-state index contributed by atoms with van der Waals surface area (Å²) in [6, 6.07) is 5.77. The Morgan fingerprint density at radius 1 is 1.47 bits per heavy atom. The monoisotopic (exact) mass is 201 g/mol.